The van der Waals surface area contributed by atoms with Gasteiger partial charge in [-0.15, -0.1) is 0 Å². The molecule has 4 nitrogen and oxygen atoms in total. The molecule has 0 aromatic heterocycles. The van der Waals surface area contributed by atoms with Crippen LogP contribution in [-0.2, 0) is 9.53 Å². The van der Waals surface area contributed by atoms with Gasteiger partial charge < -0.3 is 16.2 Å². The second-order valence-electron chi connectivity index (χ2n) is 4.30. The second kappa shape index (κ2) is 5.32. The first-order valence-corrected chi connectivity index (χ1v) is 5.02. The molecule has 4 N–H and O–H groups in total. The summed E-state index contributed by atoms with van der Waals surface area (Å²) < 4.78 is 5.18. The van der Waals surface area contributed by atoms with Crippen molar-refractivity contribution < 1.29 is 9.53 Å². The van der Waals surface area contributed by atoms with Gasteiger partial charge in [-0.05, 0) is 19.8 Å². The summed E-state index contributed by atoms with van der Waals surface area (Å²) in [6.45, 7) is 7.77. The Hall–Kier alpha value is -0.610. The van der Waals surface area contributed by atoms with E-state index in [4.69, 9.17) is 16.2 Å². The van der Waals surface area contributed by atoms with E-state index in [-0.39, 0.29) is 11.9 Å². The average Bonchev–Trinajstić information content (AvgIpc) is 2.14. The number of carbonyl (C=O) groups is 1. The first kappa shape index (κ1) is 13.4. The molecule has 0 unspecified atom stereocenters. The Morgan fingerprint density at radius 1 is 1.50 bits per heavy atom. The summed E-state index contributed by atoms with van der Waals surface area (Å²) >= 11 is 0. The third kappa shape index (κ3) is 4.07. The highest BCUT2D eigenvalue weighted by molar-refractivity contribution is 5.76. The molecule has 0 saturated heterocycles. The number of esters is 1. The van der Waals surface area contributed by atoms with Crippen LogP contribution in [0.5, 0.6) is 0 Å². The predicted molar refractivity (Wildman–Crippen MR) is 56.7 cm³/mol. The third-order valence-electron chi connectivity index (χ3n) is 2.40. The quantitative estimate of drug-likeness (QED) is 0.641. The van der Waals surface area contributed by atoms with Gasteiger partial charge in [0, 0.05) is 6.54 Å². The second-order valence-corrected chi connectivity index (χ2v) is 4.30. The lowest BCUT2D eigenvalue weighted by Gasteiger charge is -2.26. The van der Waals surface area contributed by atoms with E-state index in [1.165, 1.54) is 0 Å². The van der Waals surface area contributed by atoms with E-state index >= 15 is 0 Å². The van der Waals surface area contributed by atoms with Crippen molar-refractivity contribution in [2.24, 2.45) is 17.4 Å². The van der Waals surface area contributed by atoms with E-state index in [0.29, 0.717) is 6.54 Å². The highest BCUT2D eigenvalue weighted by Crippen LogP contribution is 2.12. The number of nitrogens with two attached hydrogens (primary N) is 2. The maximum Gasteiger partial charge on any atom is 0.323 e. The van der Waals surface area contributed by atoms with Gasteiger partial charge in [0.25, 0.3) is 0 Å². The van der Waals surface area contributed by atoms with Gasteiger partial charge in [-0.1, -0.05) is 20.3 Å². The lowest BCUT2D eigenvalue weighted by atomic mass is 10.00. The fourth-order valence-corrected chi connectivity index (χ4v) is 0.868. The molecule has 0 spiro atoms. The van der Waals surface area contributed by atoms with Crippen LogP contribution >= 0.6 is 0 Å². The fraction of sp³-hybridized carbons (Fsp3) is 0.900. The first-order valence-electron chi connectivity index (χ1n) is 5.02. The van der Waals surface area contributed by atoms with Crippen molar-refractivity contribution in [3.05, 3.63) is 0 Å². The Balaban J connectivity index is 4.21. The minimum absolute atomic E-state index is 0.135. The van der Waals surface area contributed by atoms with Crippen molar-refractivity contribution in [3.63, 3.8) is 0 Å². The molecular weight excluding hydrogens is 180 g/mol. The lowest BCUT2D eigenvalue weighted by molar-refractivity contribution is -0.158. The van der Waals surface area contributed by atoms with Crippen molar-refractivity contribution in [3.8, 4) is 0 Å². The molecule has 0 rings (SSSR count). The van der Waals surface area contributed by atoms with Crippen LogP contribution in [0.2, 0.25) is 0 Å². The molecule has 0 bridgehead atoms. The van der Waals surface area contributed by atoms with Crippen molar-refractivity contribution in [1.82, 2.24) is 0 Å². The summed E-state index contributed by atoms with van der Waals surface area (Å²) in [4.78, 5) is 11.5. The molecule has 0 aromatic rings. The zero-order valence-corrected chi connectivity index (χ0v) is 9.54. The molecule has 0 amide bonds. The minimum atomic E-state index is -0.623. The molecule has 0 aliphatic rings. The van der Waals surface area contributed by atoms with Crippen LogP contribution in [0.4, 0.5) is 0 Å². The van der Waals surface area contributed by atoms with Gasteiger partial charge in [-0.2, -0.15) is 0 Å². The molecule has 84 valence electrons. The Bertz CT molecular complexity index is 193. The molecule has 0 radical (unpaired) electrons. The van der Waals surface area contributed by atoms with E-state index in [2.05, 4.69) is 0 Å². The van der Waals surface area contributed by atoms with Crippen LogP contribution in [0.1, 0.15) is 34.1 Å². The third-order valence-corrected chi connectivity index (χ3v) is 2.40. The van der Waals surface area contributed by atoms with Crippen molar-refractivity contribution in [2.45, 2.75) is 45.8 Å². The average molecular weight is 202 g/mol. The van der Waals surface area contributed by atoms with Crippen LogP contribution in [0.25, 0.3) is 0 Å². The molecular formula is C10H22N2O2. The number of hydrogen-bond donors (Lipinski definition) is 2. The Labute approximate surface area is 86.0 Å². The molecule has 0 aliphatic carbocycles. The van der Waals surface area contributed by atoms with Gasteiger partial charge in [-0.25, -0.2) is 0 Å². The largest absolute Gasteiger partial charge is 0.457 e. The fourth-order valence-electron chi connectivity index (χ4n) is 0.868. The highest BCUT2D eigenvalue weighted by atomic mass is 16.6. The van der Waals surface area contributed by atoms with Gasteiger partial charge in [0.15, 0.2) is 0 Å². The first-order chi connectivity index (χ1) is 6.34. The van der Waals surface area contributed by atoms with Gasteiger partial charge in [0.1, 0.15) is 11.6 Å². The van der Waals surface area contributed by atoms with Gasteiger partial charge in [0.2, 0.25) is 0 Å². The van der Waals surface area contributed by atoms with Gasteiger partial charge in [-0.3, -0.25) is 4.79 Å². The lowest BCUT2D eigenvalue weighted by Crippen LogP contribution is -2.45. The number of rotatable bonds is 5. The minimum Gasteiger partial charge on any atom is -0.457 e. The topological polar surface area (TPSA) is 78.3 Å². The van der Waals surface area contributed by atoms with Crippen LogP contribution in [-0.4, -0.2) is 24.2 Å². The molecule has 0 aliphatic heterocycles. The Morgan fingerprint density at radius 2 is 2.00 bits per heavy atom. The van der Waals surface area contributed by atoms with Crippen LogP contribution < -0.4 is 11.5 Å². The molecule has 4 heteroatoms. The molecule has 0 aromatic carbocycles. The van der Waals surface area contributed by atoms with E-state index in [0.717, 1.165) is 6.42 Å². The SMILES string of the molecule is CC[C@H](C)[C@H](N)C(=O)OC(C)(C)CN. The molecule has 0 fully saturated rings. The normalized spacial score (nSPS) is 16.1. The van der Waals surface area contributed by atoms with E-state index in [1.807, 2.05) is 13.8 Å². The summed E-state index contributed by atoms with van der Waals surface area (Å²) in [7, 11) is 0. The van der Waals surface area contributed by atoms with Crippen LogP contribution in [0.3, 0.4) is 0 Å². The van der Waals surface area contributed by atoms with Crippen molar-refractivity contribution >= 4 is 5.97 Å². The maximum absolute atomic E-state index is 11.5. The van der Waals surface area contributed by atoms with E-state index < -0.39 is 11.6 Å². The zero-order valence-electron chi connectivity index (χ0n) is 9.54. The highest BCUT2D eigenvalue weighted by Gasteiger charge is 2.27. The Morgan fingerprint density at radius 3 is 2.36 bits per heavy atom. The summed E-state index contributed by atoms with van der Waals surface area (Å²) in [5, 5.41) is 0. The summed E-state index contributed by atoms with van der Waals surface area (Å²) in [6, 6.07) is -0.550. The summed E-state index contributed by atoms with van der Waals surface area (Å²) in [5.41, 5.74) is 10.5. The summed E-state index contributed by atoms with van der Waals surface area (Å²) in [6.07, 6.45) is 0.860. The van der Waals surface area contributed by atoms with Gasteiger partial charge >= 0.3 is 5.97 Å². The smallest absolute Gasteiger partial charge is 0.323 e. The van der Waals surface area contributed by atoms with E-state index in [1.54, 1.807) is 13.8 Å². The van der Waals surface area contributed by atoms with Crippen molar-refractivity contribution in [2.75, 3.05) is 6.54 Å². The van der Waals surface area contributed by atoms with Crippen LogP contribution in [0.15, 0.2) is 0 Å². The number of hydrogen-bond acceptors (Lipinski definition) is 4. The Kier molecular flexibility index (Phi) is 5.08. The number of carbonyl (C=O) groups excluding carboxylic acids is 1. The van der Waals surface area contributed by atoms with E-state index in [9.17, 15) is 4.79 Å². The maximum atomic E-state index is 11.5. The molecule has 0 heterocycles. The monoisotopic (exact) mass is 202 g/mol. The number of ether oxygens (including phenoxy) is 1. The molecule has 2 atom stereocenters. The van der Waals surface area contributed by atoms with Crippen molar-refractivity contribution in [1.29, 1.82) is 0 Å². The molecule has 14 heavy (non-hydrogen) atoms. The van der Waals surface area contributed by atoms with Gasteiger partial charge in [0.05, 0.1) is 0 Å². The summed E-state index contributed by atoms with van der Waals surface area (Å²) in [5.74, 6) is -0.231. The van der Waals surface area contributed by atoms with Crippen LogP contribution in [0, 0.1) is 5.92 Å². The zero-order chi connectivity index (χ0) is 11.4. The molecule has 0 saturated carbocycles. The standard InChI is InChI=1S/C10H22N2O2/c1-5-7(2)8(12)9(13)14-10(3,4)6-11/h7-8H,5-6,11-12H2,1-4H3/t7-,8-/m0/s1. The predicted octanol–water partition coefficient (Wildman–Crippen LogP) is 0.640.